The predicted octanol–water partition coefficient (Wildman–Crippen LogP) is 5.10. The van der Waals surface area contributed by atoms with Crippen molar-refractivity contribution in [3.63, 3.8) is 0 Å². The summed E-state index contributed by atoms with van der Waals surface area (Å²) in [6, 6.07) is 15.7. The summed E-state index contributed by atoms with van der Waals surface area (Å²) in [5, 5.41) is 10.6. The van der Waals surface area contributed by atoms with E-state index in [9.17, 15) is 5.11 Å². The Bertz CT molecular complexity index is 637. The summed E-state index contributed by atoms with van der Waals surface area (Å²) in [5.41, 5.74) is 2.66. The van der Waals surface area contributed by atoms with Crippen molar-refractivity contribution in [2.75, 3.05) is 0 Å². The van der Waals surface area contributed by atoms with Crippen molar-refractivity contribution >= 4 is 11.9 Å². The third-order valence-electron chi connectivity index (χ3n) is 4.39. The number of para-hydroxylation sites is 2. The molecule has 0 bridgehead atoms. The fourth-order valence-electron chi connectivity index (χ4n) is 2.44. The number of aliphatic imine (C=N–C) groups is 1. The molecule has 0 saturated carbocycles. The van der Waals surface area contributed by atoms with Gasteiger partial charge < -0.3 is 5.11 Å². The molecule has 2 aromatic carbocycles. The Morgan fingerprint density at radius 1 is 1.04 bits per heavy atom. The van der Waals surface area contributed by atoms with Crippen molar-refractivity contribution in [2.45, 2.75) is 39.0 Å². The zero-order chi connectivity index (χ0) is 17.3. The van der Waals surface area contributed by atoms with Crippen molar-refractivity contribution in [1.82, 2.24) is 0 Å². The first kappa shape index (κ1) is 19.3. The number of benzene rings is 2. The van der Waals surface area contributed by atoms with Crippen molar-refractivity contribution in [2.24, 2.45) is 4.99 Å². The van der Waals surface area contributed by atoms with E-state index in [2.05, 4.69) is 25.8 Å². The molecule has 0 heterocycles. The van der Waals surface area contributed by atoms with Gasteiger partial charge in [0, 0.05) is 17.3 Å². The van der Waals surface area contributed by atoms with E-state index in [1.807, 2.05) is 48.5 Å². The molecule has 3 nitrogen and oxygen atoms in total. The second kappa shape index (κ2) is 9.44. The maximum atomic E-state index is 10.6. The number of hydrogen-bond acceptors (Lipinski definition) is 3. The van der Waals surface area contributed by atoms with E-state index in [1.54, 1.807) is 6.21 Å². The van der Waals surface area contributed by atoms with Crippen LogP contribution >= 0.6 is 0 Å². The van der Waals surface area contributed by atoms with Crippen LogP contribution in [0.3, 0.4) is 0 Å². The summed E-state index contributed by atoms with van der Waals surface area (Å²) in [4.78, 5) is 4.43. The third kappa shape index (κ3) is 4.88. The average Bonchev–Trinajstić information content (AvgIpc) is 2.63. The van der Waals surface area contributed by atoms with Crippen LogP contribution in [0.15, 0.2) is 53.5 Å². The summed E-state index contributed by atoms with van der Waals surface area (Å²) in [6.45, 7) is 6.52. The number of nitrogens with zero attached hydrogens (tertiary/aromatic N) is 1. The minimum atomic E-state index is 0.000675. The molecule has 1 N–H and O–H groups in total. The maximum absolute atomic E-state index is 10.6. The topological polar surface area (TPSA) is 49.7 Å². The molecule has 0 aliphatic carbocycles. The van der Waals surface area contributed by atoms with E-state index in [0.717, 1.165) is 47.0 Å². The van der Waals surface area contributed by atoms with Gasteiger partial charge in [-0.2, -0.15) is 0 Å². The second-order valence-electron chi connectivity index (χ2n) is 5.60. The molecule has 0 aromatic heterocycles. The number of phenolic OH excluding ortho intramolecular Hbond substituents is 1. The zero-order valence-electron chi connectivity index (χ0n) is 13.9. The second-order valence-corrected chi connectivity index (χ2v) is 5.60. The average molecular weight is 348 g/mol. The van der Waals surface area contributed by atoms with Crippen LogP contribution in [0.4, 0.5) is 5.69 Å². The Hall–Kier alpha value is -1.71. The monoisotopic (exact) mass is 348 g/mol. The zero-order valence-corrected chi connectivity index (χ0v) is 15.3. The molecule has 121 valence electrons. The van der Waals surface area contributed by atoms with Crippen LogP contribution in [0, 0.1) is 0 Å². The van der Waals surface area contributed by atoms with Crippen molar-refractivity contribution in [3.05, 3.63) is 59.7 Å². The van der Waals surface area contributed by atoms with Crippen LogP contribution in [0.1, 0.15) is 44.7 Å². The molecule has 0 aliphatic rings. The Kier molecular flexibility index (Phi) is 7.94. The quantitative estimate of drug-likeness (QED) is 0.764. The first-order chi connectivity index (χ1) is 11.1. The molecular weight excluding hydrogens is 325 g/mol. The molecule has 0 saturated heterocycles. The van der Waals surface area contributed by atoms with Crippen LogP contribution in [0.2, 0.25) is 0 Å². The first-order valence-corrected chi connectivity index (χ1v) is 8.27. The number of hydrogen-bond donors (Lipinski definition) is 1. The van der Waals surface area contributed by atoms with E-state index >= 15 is 0 Å². The third-order valence-corrected chi connectivity index (χ3v) is 4.39. The summed E-state index contributed by atoms with van der Waals surface area (Å²) >= 11 is 1.06. The normalized spacial score (nSPS) is 11.0. The van der Waals surface area contributed by atoms with Crippen molar-refractivity contribution < 1.29 is 26.1 Å². The molecule has 0 unspecified atom stereocenters. The van der Waals surface area contributed by atoms with Crippen LogP contribution in [0.5, 0.6) is 5.75 Å². The van der Waals surface area contributed by atoms with Gasteiger partial charge in [-0.25, -0.2) is 0 Å². The molecule has 0 atom stereocenters. The van der Waals surface area contributed by atoms with Crippen LogP contribution in [0.25, 0.3) is 0 Å². The van der Waals surface area contributed by atoms with Gasteiger partial charge in [0.1, 0.15) is 5.75 Å². The van der Waals surface area contributed by atoms with Gasteiger partial charge in [0.25, 0.3) is 0 Å². The van der Waals surface area contributed by atoms with Gasteiger partial charge in [0.05, 0.1) is 5.69 Å². The molecule has 4 heteroatoms. The number of phenols is 1. The summed E-state index contributed by atoms with van der Waals surface area (Å²) < 4.78 is 8.19. The SMILES string of the molecule is CCC(C)(CC)c1cccc(C=Nc2ccccc2)c1O.[O]=[V]. The van der Waals surface area contributed by atoms with E-state index in [0.29, 0.717) is 5.75 Å². The summed E-state index contributed by atoms with van der Waals surface area (Å²) in [7, 11) is 0. The molecule has 0 fully saturated rings. The van der Waals surface area contributed by atoms with Gasteiger partial charge in [0.2, 0.25) is 0 Å². The van der Waals surface area contributed by atoms with Gasteiger partial charge >= 0.3 is 21.0 Å². The summed E-state index contributed by atoms with van der Waals surface area (Å²) in [6.07, 6.45) is 3.73. The molecule has 0 amide bonds. The van der Waals surface area contributed by atoms with Crippen LogP contribution < -0.4 is 0 Å². The van der Waals surface area contributed by atoms with E-state index < -0.39 is 0 Å². The minimum absolute atomic E-state index is 0.000675. The van der Waals surface area contributed by atoms with E-state index in [-0.39, 0.29) is 5.41 Å². The Labute approximate surface area is 147 Å². The van der Waals surface area contributed by atoms with E-state index in [4.69, 9.17) is 3.67 Å². The van der Waals surface area contributed by atoms with Gasteiger partial charge in [0.15, 0.2) is 0 Å². The number of aromatic hydroxyl groups is 1. The Morgan fingerprint density at radius 3 is 2.22 bits per heavy atom. The van der Waals surface area contributed by atoms with Crippen molar-refractivity contribution in [1.29, 1.82) is 0 Å². The Balaban J connectivity index is 0.00000127. The van der Waals surface area contributed by atoms with Gasteiger partial charge in [-0.15, -0.1) is 0 Å². The summed E-state index contributed by atoms with van der Waals surface area (Å²) in [5.74, 6) is 0.350. The molecule has 0 spiro atoms. The molecule has 0 aliphatic heterocycles. The van der Waals surface area contributed by atoms with Crippen molar-refractivity contribution in [3.8, 4) is 5.75 Å². The first-order valence-electron chi connectivity index (χ1n) is 7.70. The predicted molar refractivity (Wildman–Crippen MR) is 90.4 cm³/mol. The van der Waals surface area contributed by atoms with Gasteiger partial charge in [-0.1, -0.05) is 51.1 Å². The molecule has 2 rings (SSSR count). The van der Waals surface area contributed by atoms with Crippen LogP contribution in [-0.4, -0.2) is 11.3 Å². The molecule has 2 aromatic rings. The molecule has 0 radical (unpaired) electrons. The number of rotatable bonds is 5. The van der Waals surface area contributed by atoms with E-state index in [1.165, 1.54) is 0 Å². The molecule has 23 heavy (non-hydrogen) atoms. The van der Waals surface area contributed by atoms with Crippen LogP contribution in [-0.2, 0) is 26.5 Å². The Morgan fingerprint density at radius 2 is 1.65 bits per heavy atom. The fraction of sp³-hybridized carbons (Fsp3) is 0.316. The van der Waals surface area contributed by atoms with Gasteiger partial charge in [-0.05, 0) is 36.5 Å². The standard InChI is InChI=1S/C19H23NO.O.V/c1-4-19(3,5-2)17-13-9-10-15(18(17)21)14-20-16-11-7-6-8-12-16;;/h6-14,21H,4-5H2,1-3H3;;. The van der Waals surface area contributed by atoms with Gasteiger partial charge in [-0.3, -0.25) is 4.99 Å². The fourth-order valence-corrected chi connectivity index (χ4v) is 2.44. The molecular formula is C19H23NO2V.